The number of rotatable bonds is 2. The van der Waals surface area contributed by atoms with Gasteiger partial charge in [-0.1, -0.05) is 23.6 Å². The van der Waals surface area contributed by atoms with E-state index in [-0.39, 0.29) is 65.4 Å². The second kappa shape index (κ2) is 9.55. The topological polar surface area (TPSA) is 0 Å². The maximum absolute atomic E-state index is 3.51. The Morgan fingerprint density at radius 1 is 0.500 bits per heavy atom. The number of hydrogen-bond acceptors (Lipinski definition) is 0. The van der Waals surface area contributed by atoms with Crippen molar-refractivity contribution in [2.75, 3.05) is 0 Å². The van der Waals surface area contributed by atoms with Crippen LogP contribution in [0.4, 0.5) is 0 Å². The van der Waals surface area contributed by atoms with Crippen molar-refractivity contribution in [3.05, 3.63) is 109 Å². The third-order valence-corrected chi connectivity index (χ3v) is 4.65. The molecule has 0 spiro atoms. The molecule has 0 atom stereocenters. The van der Waals surface area contributed by atoms with Gasteiger partial charge in [-0.05, 0) is 0 Å². The van der Waals surface area contributed by atoms with Crippen LogP contribution in [0, 0.1) is 24.3 Å². The molecule has 0 amide bonds. The molecule has 128 valence electrons. The minimum atomic E-state index is 0. The largest absolute Gasteiger partial charge is 0.226 e. The Hall–Kier alpha value is -1.17. The van der Waals surface area contributed by atoms with Gasteiger partial charge in [-0.25, -0.2) is 16.7 Å². The van der Waals surface area contributed by atoms with Gasteiger partial charge in [0.25, 0.3) is 0 Å². The van der Waals surface area contributed by atoms with Crippen LogP contribution < -0.4 is 0 Å². The van der Waals surface area contributed by atoms with Crippen LogP contribution in [0.1, 0.15) is 0 Å². The molecular weight excluding hydrogens is 490 g/mol. The molecule has 0 N–H and O–H groups in total. The van der Waals surface area contributed by atoms with Gasteiger partial charge in [0.05, 0.1) is 0 Å². The summed E-state index contributed by atoms with van der Waals surface area (Å²) in [6.07, 6.45) is 0. The summed E-state index contributed by atoms with van der Waals surface area (Å²) in [6.45, 7) is 0. The molecule has 0 aromatic heterocycles. The van der Waals surface area contributed by atoms with Crippen LogP contribution >= 0.6 is 0 Å². The maximum Gasteiger partial charge on any atom is 0 e. The normalized spacial score (nSPS) is 10.3. The van der Waals surface area contributed by atoms with Crippen LogP contribution in [0.3, 0.4) is 0 Å². The van der Waals surface area contributed by atoms with E-state index >= 15 is 0 Å². The van der Waals surface area contributed by atoms with Gasteiger partial charge in [0.15, 0.2) is 0 Å². The fourth-order valence-corrected chi connectivity index (χ4v) is 3.27. The molecule has 0 fully saturated rings. The second-order valence-electron chi connectivity index (χ2n) is 6.34. The summed E-state index contributed by atoms with van der Waals surface area (Å²) in [7, 11) is 0. The predicted molar refractivity (Wildman–Crippen MR) is 108 cm³/mol. The van der Waals surface area contributed by atoms with Crippen LogP contribution in [-0.2, 0) is 65.4 Å². The molecule has 0 aliphatic rings. The summed E-state index contributed by atoms with van der Waals surface area (Å²) in [5.41, 5.74) is 4.22. The van der Waals surface area contributed by atoms with Crippen molar-refractivity contribution in [3.63, 3.8) is 0 Å². The summed E-state index contributed by atoms with van der Waals surface area (Å²) < 4.78 is 0. The zero-order valence-corrected chi connectivity index (χ0v) is 20.9. The summed E-state index contributed by atoms with van der Waals surface area (Å²) in [5.74, 6) is 0. The minimum Gasteiger partial charge on any atom is -0.226 e. The van der Waals surface area contributed by atoms with Crippen LogP contribution in [0.5, 0.6) is 0 Å². The molecule has 2 radical (unpaired) electrons. The SMILES string of the molecule is [Y].[Y].[c-]1ccccc1-c1[c-]cc2c[c-]c(-c3[c-]c4ccccc4cc3)cc2c1. The van der Waals surface area contributed by atoms with Crippen molar-refractivity contribution in [2.24, 2.45) is 0 Å². The van der Waals surface area contributed by atoms with Gasteiger partial charge in [-0.3, -0.25) is 0 Å². The van der Waals surface area contributed by atoms with E-state index in [2.05, 4.69) is 72.8 Å². The summed E-state index contributed by atoms with van der Waals surface area (Å²) in [4.78, 5) is 0. The number of hydrogen-bond donors (Lipinski definition) is 0. The number of benzene rings is 5. The Kier molecular flexibility index (Phi) is 7.35. The second-order valence-corrected chi connectivity index (χ2v) is 6.34. The molecule has 0 unspecified atom stereocenters. The molecule has 0 bridgehead atoms. The van der Waals surface area contributed by atoms with E-state index in [1.807, 2.05) is 36.4 Å². The van der Waals surface area contributed by atoms with Crippen LogP contribution in [0.25, 0.3) is 43.8 Å². The van der Waals surface area contributed by atoms with E-state index in [4.69, 9.17) is 0 Å². The molecule has 0 saturated heterocycles. The smallest absolute Gasteiger partial charge is 0 e. The predicted octanol–water partition coefficient (Wildman–Crippen LogP) is 6.52. The summed E-state index contributed by atoms with van der Waals surface area (Å²) in [5, 5.41) is 4.63. The molecule has 5 aromatic rings. The quantitative estimate of drug-likeness (QED) is 0.240. The molecule has 0 nitrogen and oxygen atoms in total. The summed E-state index contributed by atoms with van der Waals surface area (Å²) in [6, 6.07) is 42.5. The Bertz CT molecular complexity index is 1230. The average molecular weight is 504 g/mol. The molecule has 5 aromatic carbocycles. The molecule has 0 saturated carbocycles. The first-order chi connectivity index (χ1) is 12.9. The minimum absolute atomic E-state index is 0. The summed E-state index contributed by atoms with van der Waals surface area (Å²) >= 11 is 0. The van der Waals surface area contributed by atoms with Gasteiger partial charge in [-0.15, -0.1) is 35.0 Å². The van der Waals surface area contributed by atoms with E-state index in [0.29, 0.717) is 0 Å². The van der Waals surface area contributed by atoms with Crippen LogP contribution in [0.15, 0.2) is 84.9 Å². The van der Waals surface area contributed by atoms with Gasteiger partial charge in [0.1, 0.15) is 0 Å². The van der Waals surface area contributed by atoms with Crippen molar-refractivity contribution in [1.29, 1.82) is 0 Å². The molecular formula is C26H14Y2-4. The first kappa shape index (κ1) is 21.5. The van der Waals surface area contributed by atoms with Gasteiger partial charge in [0, 0.05) is 65.4 Å². The van der Waals surface area contributed by atoms with E-state index < -0.39 is 0 Å². The van der Waals surface area contributed by atoms with Crippen molar-refractivity contribution < 1.29 is 65.4 Å². The Balaban J connectivity index is 0.00000112. The Labute approximate surface area is 216 Å². The molecule has 5 rings (SSSR count). The molecule has 2 heteroatoms. The van der Waals surface area contributed by atoms with Crippen molar-refractivity contribution in [1.82, 2.24) is 0 Å². The first-order valence-electron chi connectivity index (χ1n) is 8.62. The van der Waals surface area contributed by atoms with Gasteiger partial charge < -0.3 is 0 Å². The maximum atomic E-state index is 3.51. The van der Waals surface area contributed by atoms with Crippen LogP contribution in [-0.4, -0.2) is 0 Å². The zero-order chi connectivity index (χ0) is 17.3. The van der Waals surface area contributed by atoms with Crippen molar-refractivity contribution >= 4 is 21.5 Å². The van der Waals surface area contributed by atoms with Gasteiger partial charge >= 0.3 is 0 Å². The average Bonchev–Trinajstić information content (AvgIpc) is 2.73. The molecule has 28 heavy (non-hydrogen) atoms. The Morgan fingerprint density at radius 3 is 1.96 bits per heavy atom. The Morgan fingerprint density at radius 2 is 1.21 bits per heavy atom. The first-order valence-corrected chi connectivity index (χ1v) is 8.62. The molecule has 0 heterocycles. The van der Waals surface area contributed by atoms with E-state index in [0.717, 1.165) is 33.0 Å². The molecule has 0 aliphatic carbocycles. The van der Waals surface area contributed by atoms with E-state index in [1.54, 1.807) is 0 Å². The van der Waals surface area contributed by atoms with Gasteiger partial charge in [0.2, 0.25) is 0 Å². The third-order valence-electron chi connectivity index (χ3n) is 4.65. The number of fused-ring (bicyclic) bond motifs is 2. The zero-order valence-electron chi connectivity index (χ0n) is 15.2. The fraction of sp³-hybridized carbons (Fsp3) is 0. The van der Waals surface area contributed by atoms with Gasteiger partial charge in [-0.2, -0.15) is 77.7 Å². The monoisotopic (exact) mass is 504 g/mol. The van der Waals surface area contributed by atoms with Crippen molar-refractivity contribution in [3.8, 4) is 22.3 Å². The van der Waals surface area contributed by atoms with E-state index in [9.17, 15) is 0 Å². The standard InChI is InChI=1S/C26H14.2Y/c1-2-6-19(7-3-1)23-13-11-21-12-15-25(18-26(21)17-23)24-14-10-20-8-4-5-9-22(20)16-24;;/h1-6,8-12,14,17-18H;;/q-4;;. The molecule has 0 aliphatic heterocycles. The van der Waals surface area contributed by atoms with E-state index in [1.165, 1.54) is 10.8 Å². The fourth-order valence-electron chi connectivity index (χ4n) is 3.27. The van der Waals surface area contributed by atoms with Crippen molar-refractivity contribution in [2.45, 2.75) is 0 Å². The van der Waals surface area contributed by atoms with Crippen LogP contribution in [0.2, 0.25) is 0 Å². The third kappa shape index (κ3) is 4.36.